The van der Waals surface area contributed by atoms with Gasteiger partial charge in [-0.1, -0.05) is 256 Å². The monoisotopic (exact) mass is 1020 g/mol. The van der Waals surface area contributed by atoms with Crippen LogP contribution in [0, 0.1) is 11.6 Å². The van der Waals surface area contributed by atoms with Crippen LogP contribution in [0.3, 0.4) is 0 Å². The smallest absolute Gasteiger partial charge is 0.423 e. The number of aromatic nitrogens is 4. The summed E-state index contributed by atoms with van der Waals surface area (Å²) in [6.07, 6.45) is 36.6. The highest BCUT2D eigenvalue weighted by Gasteiger charge is 2.55. The van der Waals surface area contributed by atoms with Crippen molar-refractivity contribution in [1.82, 2.24) is 20.6 Å². The topological polar surface area (TPSA) is 159 Å². The molecule has 406 valence electrons. The van der Waals surface area contributed by atoms with Gasteiger partial charge in [0, 0.05) is 55.1 Å². The van der Waals surface area contributed by atoms with Gasteiger partial charge in [0.2, 0.25) is 0 Å². The molecule has 2 aromatic heterocycles. The molecule has 5 aromatic rings. The van der Waals surface area contributed by atoms with Crippen LogP contribution in [-0.4, -0.2) is 55.0 Å². The van der Waals surface area contributed by atoms with Gasteiger partial charge in [-0.15, -0.1) is 0 Å². The molecule has 2 heterocycles. The van der Waals surface area contributed by atoms with Gasteiger partial charge in [-0.05, 0) is 47.1 Å². The maximum Gasteiger partial charge on any atom is 0.490 e. The zero-order valence-electron chi connectivity index (χ0n) is 45.9. The van der Waals surface area contributed by atoms with Crippen molar-refractivity contribution < 1.29 is 38.1 Å². The first-order chi connectivity index (χ1) is 36.1. The predicted octanol–water partition coefficient (Wildman–Crippen LogP) is 15.1. The molecule has 2 aliphatic rings. The van der Waals surface area contributed by atoms with Crippen molar-refractivity contribution in [3.63, 3.8) is 0 Å². The van der Waals surface area contributed by atoms with Gasteiger partial charge in [-0.3, -0.25) is 0 Å². The van der Waals surface area contributed by atoms with Gasteiger partial charge < -0.3 is 20.1 Å². The molecule has 7 rings (SSSR count). The Hall–Kier alpha value is -3.71. The Kier molecular flexibility index (Phi) is 22.4. The molecule has 0 atom stereocenters. The predicted molar refractivity (Wildman–Crippen MR) is 298 cm³/mol. The van der Waals surface area contributed by atoms with Crippen molar-refractivity contribution in [2.75, 3.05) is 0 Å². The lowest BCUT2D eigenvalue weighted by Gasteiger charge is -2.35. The van der Waals surface area contributed by atoms with Crippen LogP contribution in [0.4, 0.5) is 8.78 Å². The van der Waals surface area contributed by atoms with Crippen molar-refractivity contribution in [3.05, 3.63) is 46.0 Å². The summed E-state index contributed by atoms with van der Waals surface area (Å²) in [6, 6.07) is 3.48. The number of benzene rings is 3. The molecule has 14 heteroatoms. The van der Waals surface area contributed by atoms with Crippen LogP contribution in [0.25, 0.3) is 44.3 Å². The normalized spacial score (nSPS) is 14.1. The van der Waals surface area contributed by atoms with E-state index in [1.807, 2.05) is 0 Å². The van der Waals surface area contributed by atoms with Crippen LogP contribution in [-0.2, 0) is 10.8 Å². The molecular weight excluding hydrogens is 932 g/mol. The fraction of sp³-hybridized carbons (Fsp3) is 0.700. The lowest BCUT2D eigenvalue weighted by atomic mass is 9.67. The average Bonchev–Trinajstić information content (AvgIpc) is 4.19. The third-order valence-corrected chi connectivity index (χ3v) is 17.4. The highest BCUT2D eigenvalue weighted by Crippen LogP contribution is 2.64. The molecule has 74 heavy (non-hydrogen) atoms. The van der Waals surface area contributed by atoms with Crippen molar-refractivity contribution >= 4 is 47.2 Å². The molecule has 0 radical (unpaired) electrons. The maximum absolute atomic E-state index is 19.6. The third-order valence-electron chi connectivity index (χ3n) is 17.4. The summed E-state index contributed by atoms with van der Waals surface area (Å²) in [5, 5.41) is 61.1. The molecule has 2 aliphatic carbocycles. The number of fused-ring (bicyclic) bond motifs is 10. The fourth-order valence-electron chi connectivity index (χ4n) is 13.4. The Morgan fingerprint density at radius 3 is 0.865 bits per heavy atom. The number of hydrogen-bond donors (Lipinski definition) is 4. The molecule has 0 amide bonds. The van der Waals surface area contributed by atoms with Crippen molar-refractivity contribution in [2.45, 2.75) is 270 Å². The van der Waals surface area contributed by atoms with Crippen LogP contribution in [0.5, 0.6) is 0 Å². The van der Waals surface area contributed by atoms with E-state index in [0.717, 1.165) is 103 Å². The molecular formula is C60H90B2F2N4O6. The summed E-state index contributed by atoms with van der Waals surface area (Å²) in [5.74, 6) is -1.03. The van der Waals surface area contributed by atoms with E-state index in [1.165, 1.54) is 103 Å². The van der Waals surface area contributed by atoms with Crippen LogP contribution >= 0.6 is 0 Å². The summed E-state index contributed by atoms with van der Waals surface area (Å²) in [4.78, 5) is 0. The highest BCUT2D eigenvalue weighted by atomic mass is 19.1. The molecule has 0 bridgehead atoms. The lowest BCUT2D eigenvalue weighted by Crippen LogP contribution is -2.34. The first kappa shape index (κ1) is 58.0. The van der Waals surface area contributed by atoms with Crippen LogP contribution in [0.1, 0.15) is 281 Å². The van der Waals surface area contributed by atoms with Crippen molar-refractivity contribution in [3.8, 4) is 22.3 Å². The molecule has 0 spiro atoms. The fourth-order valence-corrected chi connectivity index (χ4v) is 13.4. The summed E-state index contributed by atoms with van der Waals surface area (Å²) in [5.41, 5.74) is 1.72. The zero-order chi connectivity index (χ0) is 52.5. The molecule has 10 nitrogen and oxygen atoms in total. The third kappa shape index (κ3) is 12.7. The summed E-state index contributed by atoms with van der Waals surface area (Å²) in [7, 11) is -3.85. The summed E-state index contributed by atoms with van der Waals surface area (Å²) in [6.45, 7) is 8.89. The Bertz CT molecular complexity index is 2320. The minimum absolute atomic E-state index is 0.104. The number of halogens is 2. The molecule has 3 aromatic carbocycles. The second kappa shape index (κ2) is 28.6. The molecule has 0 unspecified atom stereocenters. The SMILES string of the molecule is CCCCCCCCCCC1(CCCCCCCCCC)c2cc(B(O)O)c3nonc3c2-c2c(F)c3c(c(F)c21)-c1c(cc(B(O)O)c2nonc12)C3(CCCCCCCCCC)CCCCCCCCCC. The van der Waals surface area contributed by atoms with Crippen LogP contribution in [0.15, 0.2) is 21.4 Å². The van der Waals surface area contributed by atoms with Crippen LogP contribution < -0.4 is 10.9 Å². The van der Waals surface area contributed by atoms with Gasteiger partial charge in [0.25, 0.3) is 0 Å². The molecule has 0 fully saturated rings. The van der Waals surface area contributed by atoms with Gasteiger partial charge in [-0.2, -0.15) is 0 Å². The number of unbranched alkanes of at least 4 members (excludes halogenated alkanes) is 28. The standard InChI is InChI=1S/C60H90B2F2N4O6/c1-5-9-13-17-21-25-29-33-37-59(38-34-30-26-22-18-14-10-6-2)43-41-45(61(69)70)55-57(67-73-65-55)47(43)49-51(59)53(63)50-48-44(42-46(62(71)72)56-58(48)68-74-66-56)60(52(50)54(49)64,39-35-31-27-23-19-15-11-7-3)40-36-32-28-24-20-16-12-8-4/h41-42,69-72H,5-40H2,1-4H3. The first-order valence-electron chi connectivity index (χ1n) is 30.0. The highest BCUT2D eigenvalue weighted by molar-refractivity contribution is 6.62. The Morgan fingerprint density at radius 1 is 0.365 bits per heavy atom. The number of nitrogens with zero attached hydrogens (tertiary/aromatic N) is 4. The largest absolute Gasteiger partial charge is 0.490 e. The second-order valence-corrected chi connectivity index (χ2v) is 22.6. The Balaban J connectivity index is 1.44. The van der Waals surface area contributed by atoms with E-state index < -0.39 is 36.7 Å². The van der Waals surface area contributed by atoms with E-state index in [2.05, 4.69) is 48.3 Å². The first-order valence-corrected chi connectivity index (χ1v) is 30.0. The van der Waals surface area contributed by atoms with E-state index >= 15 is 8.78 Å². The minimum Gasteiger partial charge on any atom is -0.423 e. The van der Waals surface area contributed by atoms with E-state index in [1.54, 1.807) is 12.1 Å². The Labute approximate surface area is 442 Å². The molecule has 4 N–H and O–H groups in total. The molecule has 0 saturated heterocycles. The van der Waals surface area contributed by atoms with E-state index in [0.29, 0.717) is 47.9 Å². The maximum atomic E-state index is 19.6. The Morgan fingerprint density at radius 2 is 0.608 bits per heavy atom. The van der Waals surface area contributed by atoms with Gasteiger partial charge in [0.15, 0.2) is 0 Å². The summed E-state index contributed by atoms with van der Waals surface area (Å²) < 4.78 is 50.0. The van der Waals surface area contributed by atoms with E-state index in [4.69, 9.17) is 9.26 Å². The zero-order valence-corrected chi connectivity index (χ0v) is 45.9. The number of rotatable bonds is 38. The van der Waals surface area contributed by atoms with Crippen molar-refractivity contribution in [1.29, 1.82) is 0 Å². The average molecular weight is 1020 g/mol. The molecule has 0 aliphatic heterocycles. The molecule has 0 saturated carbocycles. The quantitative estimate of drug-likeness (QED) is 0.0221. The van der Waals surface area contributed by atoms with Crippen molar-refractivity contribution in [2.24, 2.45) is 0 Å². The van der Waals surface area contributed by atoms with E-state index in [9.17, 15) is 20.1 Å². The van der Waals surface area contributed by atoms with E-state index in [-0.39, 0.29) is 55.2 Å². The summed E-state index contributed by atoms with van der Waals surface area (Å²) >= 11 is 0. The van der Waals surface area contributed by atoms with Gasteiger partial charge in [0.1, 0.15) is 33.7 Å². The van der Waals surface area contributed by atoms with Gasteiger partial charge >= 0.3 is 14.2 Å². The lowest BCUT2D eigenvalue weighted by molar-refractivity contribution is 0.315. The second-order valence-electron chi connectivity index (χ2n) is 22.6. The minimum atomic E-state index is -1.93. The number of hydrogen-bond acceptors (Lipinski definition) is 10. The van der Waals surface area contributed by atoms with Crippen LogP contribution in [0.2, 0.25) is 0 Å². The van der Waals surface area contributed by atoms with Gasteiger partial charge in [-0.25, -0.2) is 18.0 Å². The van der Waals surface area contributed by atoms with Gasteiger partial charge in [0.05, 0.1) is 0 Å².